The van der Waals surface area contributed by atoms with Gasteiger partial charge in [0.25, 0.3) is 0 Å². The number of rotatable bonds is 7. The van der Waals surface area contributed by atoms with Crippen LogP contribution in [0.4, 0.5) is 0 Å². The minimum atomic E-state index is -0.888. The van der Waals surface area contributed by atoms with Crippen LogP contribution in [0.3, 0.4) is 0 Å². The predicted molar refractivity (Wildman–Crippen MR) is 71.4 cm³/mol. The highest BCUT2D eigenvalue weighted by molar-refractivity contribution is 5.79. The first-order chi connectivity index (χ1) is 8.10. The third-order valence-electron chi connectivity index (χ3n) is 2.32. The molecular formula is C13H26N2O3. The van der Waals surface area contributed by atoms with Gasteiger partial charge in [-0.25, -0.2) is 0 Å². The lowest BCUT2D eigenvalue weighted by Crippen LogP contribution is -2.44. The molecule has 0 saturated heterocycles. The van der Waals surface area contributed by atoms with Gasteiger partial charge in [0.05, 0.1) is 13.0 Å². The van der Waals surface area contributed by atoms with Crippen molar-refractivity contribution in [1.82, 2.24) is 10.6 Å². The molecule has 0 heterocycles. The molecule has 3 N–H and O–H groups in total. The lowest BCUT2D eigenvalue weighted by atomic mass is 9.87. The van der Waals surface area contributed by atoms with E-state index in [4.69, 9.17) is 5.11 Å². The molecule has 1 amide bonds. The Bertz CT molecular complexity index is 282. The molecule has 0 aromatic carbocycles. The van der Waals surface area contributed by atoms with Crippen molar-refractivity contribution >= 4 is 11.9 Å². The van der Waals surface area contributed by atoms with E-state index >= 15 is 0 Å². The second kappa shape index (κ2) is 7.36. The maximum Gasteiger partial charge on any atom is 0.305 e. The SMILES string of the molecule is CC(C)NCC(=O)NC(CC(=O)O)CC(C)(C)C. The highest BCUT2D eigenvalue weighted by Gasteiger charge is 2.22. The fourth-order valence-electron chi connectivity index (χ4n) is 1.70. The summed E-state index contributed by atoms with van der Waals surface area (Å²) in [5.74, 6) is -1.04. The number of carbonyl (C=O) groups excluding carboxylic acids is 1. The smallest absolute Gasteiger partial charge is 0.305 e. The molecule has 106 valence electrons. The van der Waals surface area contributed by atoms with Gasteiger partial charge in [-0.2, -0.15) is 0 Å². The summed E-state index contributed by atoms with van der Waals surface area (Å²) >= 11 is 0. The lowest BCUT2D eigenvalue weighted by Gasteiger charge is -2.26. The summed E-state index contributed by atoms with van der Waals surface area (Å²) in [5.41, 5.74) is -0.0150. The zero-order valence-corrected chi connectivity index (χ0v) is 12.0. The van der Waals surface area contributed by atoms with Gasteiger partial charge in [-0.1, -0.05) is 34.6 Å². The Kier molecular flexibility index (Phi) is 6.91. The van der Waals surface area contributed by atoms with Gasteiger partial charge in [0.1, 0.15) is 0 Å². The molecule has 0 rings (SSSR count). The van der Waals surface area contributed by atoms with Crippen LogP contribution in [0.15, 0.2) is 0 Å². The third kappa shape index (κ3) is 10.1. The summed E-state index contributed by atoms with van der Waals surface area (Å²) in [6.45, 7) is 10.2. The van der Waals surface area contributed by atoms with Crippen LogP contribution in [0, 0.1) is 5.41 Å². The van der Waals surface area contributed by atoms with Crippen LogP contribution in [0.1, 0.15) is 47.5 Å². The number of nitrogens with one attached hydrogen (secondary N) is 2. The van der Waals surface area contributed by atoms with E-state index in [2.05, 4.69) is 10.6 Å². The number of hydrogen-bond donors (Lipinski definition) is 3. The van der Waals surface area contributed by atoms with Crippen molar-refractivity contribution in [3.8, 4) is 0 Å². The van der Waals surface area contributed by atoms with Crippen LogP contribution in [-0.2, 0) is 9.59 Å². The molecule has 5 nitrogen and oxygen atoms in total. The average molecular weight is 258 g/mol. The summed E-state index contributed by atoms with van der Waals surface area (Å²) in [5, 5.41) is 14.6. The van der Waals surface area contributed by atoms with Crippen molar-refractivity contribution in [2.45, 2.75) is 59.5 Å². The zero-order chi connectivity index (χ0) is 14.3. The monoisotopic (exact) mass is 258 g/mol. The van der Waals surface area contributed by atoms with Crippen molar-refractivity contribution in [3.05, 3.63) is 0 Å². The first-order valence-corrected chi connectivity index (χ1v) is 6.34. The largest absolute Gasteiger partial charge is 0.481 e. The van der Waals surface area contributed by atoms with Gasteiger partial charge < -0.3 is 15.7 Å². The molecule has 0 radical (unpaired) electrons. The molecule has 0 aliphatic carbocycles. The van der Waals surface area contributed by atoms with Crippen molar-refractivity contribution in [2.24, 2.45) is 5.41 Å². The molecule has 0 spiro atoms. The highest BCUT2D eigenvalue weighted by atomic mass is 16.4. The maximum absolute atomic E-state index is 11.7. The number of carboxylic acid groups (broad SMARTS) is 1. The van der Waals surface area contributed by atoms with Crippen LogP contribution >= 0.6 is 0 Å². The minimum absolute atomic E-state index is 0.0150. The van der Waals surface area contributed by atoms with Gasteiger partial charge in [0.15, 0.2) is 0 Å². The first-order valence-electron chi connectivity index (χ1n) is 6.34. The molecule has 0 bridgehead atoms. The molecule has 18 heavy (non-hydrogen) atoms. The van der Waals surface area contributed by atoms with E-state index in [0.717, 1.165) is 0 Å². The fraction of sp³-hybridized carbons (Fsp3) is 0.846. The molecule has 0 aromatic heterocycles. The topological polar surface area (TPSA) is 78.4 Å². The number of amides is 1. The second-order valence-electron chi connectivity index (χ2n) is 6.16. The predicted octanol–water partition coefficient (Wildman–Crippen LogP) is 1.38. The van der Waals surface area contributed by atoms with Crippen LogP contribution in [0.25, 0.3) is 0 Å². The van der Waals surface area contributed by atoms with Crippen molar-refractivity contribution in [3.63, 3.8) is 0 Å². The number of hydrogen-bond acceptors (Lipinski definition) is 3. The van der Waals surface area contributed by atoms with E-state index in [9.17, 15) is 9.59 Å². The number of carboxylic acids is 1. The Hall–Kier alpha value is -1.10. The van der Waals surface area contributed by atoms with Crippen LogP contribution in [-0.4, -0.2) is 35.6 Å². The van der Waals surface area contributed by atoms with Gasteiger partial charge in [0, 0.05) is 12.1 Å². The van der Waals surface area contributed by atoms with Crippen molar-refractivity contribution in [1.29, 1.82) is 0 Å². The fourth-order valence-corrected chi connectivity index (χ4v) is 1.70. The van der Waals surface area contributed by atoms with Crippen LogP contribution in [0.2, 0.25) is 0 Å². The average Bonchev–Trinajstić information content (AvgIpc) is 2.10. The van der Waals surface area contributed by atoms with E-state index < -0.39 is 5.97 Å². The summed E-state index contributed by atoms with van der Waals surface area (Å²) in [6.07, 6.45) is 0.609. The molecule has 1 atom stereocenters. The van der Waals surface area contributed by atoms with Crippen LogP contribution < -0.4 is 10.6 Å². The Morgan fingerprint density at radius 3 is 2.17 bits per heavy atom. The zero-order valence-electron chi connectivity index (χ0n) is 12.0. The Balaban J connectivity index is 4.31. The Morgan fingerprint density at radius 2 is 1.78 bits per heavy atom. The molecule has 0 aliphatic heterocycles. The van der Waals surface area contributed by atoms with Gasteiger partial charge in [-0.3, -0.25) is 9.59 Å². The standard InChI is InChI=1S/C13H26N2O3/c1-9(2)14-8-11(16)15-10(6-12(17)18)7-13(3,4)5/h9-10,14H,6-8H2,1-5H3,(H,15,16)(H,17,18). The number of carbonyl (C=O) groups is 2. The lowest BCUT2D eigenvalue weighted by molar-refractivity contribution is -0.137. The maximum atomic E-state index is 11.7. The summed E-state index contributed by atoms with van der Waals surface area (Å²) in [4.78, 5) is 22.4. The molecule has 0 fully saturated rings. The normalized spacial score (nSPS) is 13.4. The summed E-state index contributed by atoms with van der Waals surface area (Å²) in [6, 6.07) is -0.0831. The van der Waals surface area contributed by atoms with Gasteiger partial charge in [-0.15, -0.1) is 0 Å². The summed E-state index contributed by atoms with van der Waals surface area (Å²) in [7, 11) is 0. The Morgan fingerprint density at radius 1 is 1.22 bits per heavy atom. The molecule has 0 saturated carbocycles. The van der Waals surface area contributed by atoms with Crippen molar-refractivity contribution < 1.29 is 14.7 Å². The van der Waals surface area contributed by atoms with E-state index in [0.29, 0.717) is 6.42 Å². The second-order valence-corrected chi connectivity index (χ2v) is 6.16. The van der Waals surface area contributed by atoms with Gasteiger partial charge in [0.2, 0.25) is 5.91 Å². The van der Waals surface area contributed by atoms with Gasteiger partial charge in [-0.05, 0) is 11.8 Å². The van der Waals surface area contributed by atoms with E-state index in [1.54, 1.807) is 0 Å². The van der Waals surface area contributed by atoms with Gasteiger partial charge >= 0.3 is 5.97 Å². The molecule has 0 aromatic rings. The molecule has 1 unspecified atom stereocenters. The molecule has 5 heteroatoms. The Labute approximate surface area is 109 Å². The van der Waals surface area contributed by atoms with Crippen LogP contribution in [0.5, 0.6) is 0 Å². The summed E-state index contributed by atoms with van der Waals surface area (Å²) < 4.78 is 0. The van der Waals surface area contributed by atoms with E-state index in [-0.39, 0.29) is 36.4 Å². The van der Waals surface area contributed by atoms with Crippen molar-refractivity contribution in [2.75, 3.05) is 6.54 Å². The highest BCUT2D eigenvalue weighted by Crippen LogP contribution is 2.22. The molecule has 0 aliphatic rings. The van der Waals surface area contributed by atoms with E-state index in [1.165, 1.54) is 0 Å². The van der Waals surface area contributed by atoms with E-state index in [1.807, 2.05) is 34.6 Å². The molecular weight excluding hydrogens is 232 g/mol. The quantitative estimate of drug-likeness (QED) is 0.644. The number of aliphatic carboxylic acids is 1. The first kappa shape index (κ1) is 16.9. The minimum Gasteiger partial charge on any atom is -0.481 e. The third-order valence-corrected chi connectivity index (χ3v) is 2.32.